The van der Waals surface area contributed by atoms with Gasteiger partial charge in [0.15, 0.2) is 11.5 Å². The number of anilines is 1. The lowest BCUT2D eigenvalue weighted by Gasteiger charge is -2.35. The van der Waals surface area contributed by atoms with Crippen LogP contribution in [0.15, 0.2) is 70.2 Å². The van der Waals surface area contributed by atoms with Gasteiger partial charge < -0.3 is 19.3 Å². The predicted molar refractivity (Wildman–Crippen MR) is 130 cm³/mol. The van der Waals surface area contributed by atoms with Crippen LogP contribution in [0.5, 0.6) is 11.5 Å². The van der Waals surface area contributed by atoms with Gasteiger partial charge in [-0.2, -0.15) is 4.98 Å². The van der Waals surface area contributed by atoms with E-state index in [4.69, 9.17) is 14.0 Å². The number of nitrogens with zero attached hydrogens (tertiary/aromatic N) is 3. The van der Waals surface area contributed by atoms with Crippen LogP contribution in [0.25, 0.3) is 16.3 Å². The molecule has 0 aliphatic carbocycles. The molecule has 4 aromatic rings. The highest BCUT2D eigenvalue weighted by Crippen LogP contribution is 2.41. The van der Waals surface area contributed by atoms with Gasteiger partial charge in [0.05, 0.1) is 36.4 Å². The van der Waals surface area contributed by atoms with Crippen molar-refractivity contribution in [2.75, 3.05) is 19.1 Å². The normalized spacial score (nSPS) is 15.8. The minimum absolute atomic E-state index is 0.255. The second kappa shape index (κ2) is 9.22. The highest BCUT2D eigenvalue weighted by Gasteiger charge is 2.37. The fourth-order valence-corrected chi connectivity index (χ4v) is 4.69. The van der Waals surface area contributed by atoms with Crippen LogP contribution in [0.4, 0.5) is 14.9 Å². The molecule has 0 saturated carbocycles. The van der Waals surface area contributed by atoms with Crippen LogP contribution >= 0.6 is 11.3 Å². The number of allylic oxidation sites excluding steroid dienone is 1. The van der Waals surface area contributed by atoms with Gasteiger partial charge in [-0.25, -0.2) is 9.18 Å². The van der Waals surface area contributed by atoms with Crippen LogP contribution in [0, 0.1) is 5.82 Å². The van der Waals surface area contributed by atoms with Crippen LogP contribution in [-0.4, -0.2) is 30.4 Å². The summed E-state index contributed by atoms with van der Waals surface area (Å²) in [6.45, 7) is 1.80. The summed E-state index contributed by atoms with van der Waals surface area (Å²) in [5, 5.41) is 9.07. The molecule has 5 rings (SSSR count). The number of benzene rings is 2. The fourth-order valence-electron chi connectivity index (χ4n) is 4.04. The van der Waals surface area contributed by atoms with Crippen molar-refractivity contribution in [3.8, 4) is 22.2 Å². The van der Waals surface area contributed by atoms with E-state index in [1.807, 2.05) is 17.5 Å². The number of amides is 2. The van der Waals surface area contributed by atoms with Crippen molar-refractivity contribution in [2.45, 2.75) is 13.0 Å². The average molecular weight is 493 g/mol. The number of rotatable bonds is 6. The van der Waals surface area contributed by atoms with E-state index in [0.717, 1.165) is 4.88 Å². The van der Waals surface area contributed by atoms with E-state index in [1.165, 1.54) is 35.5 Å². The highest BCUT2D eigenvalue weighted by atomic mass is 32.1. The number of ether oxygens (including phenoxy) is 2. The molecule has 1 atom stereocenters. The summed E-state index contributed by atoms with van der Waals surface area (Å²) in [4.78, 5) is 20.3. The van der Waals surface area contributed by atoms with Crippen LogP contribution in [-0.2, 0) is 0 Å². The summed E-state index contributed by atoms with van der Waals surface area (Å²) >= 11 is 1.49. The van der Waals surface area contributed by atoms with Gasteiger partial charge in [0.25, 0.3) is 5.89 Å². The van der Waals surface area contributed by atoms with Gasteiger partial charge in [0, 0.05) is 11.8 Å². The quantitative estimate of drug-likeness (QED) is 0.374. The van der Waals surface area contributed by atoms with Crippen LogP contribution in [0.1, 0.15) is 24.4 Å². The summed E-state index contributed by atoms with van der Waals surface area (Å²) in [5.41, 5.74) is 2.42. The Morgan fingerprint density at radius 1 is 1.09 bits per heavy atom. The van der Waals surface area contributed by atoms with Gasteiger partial charge in [-0.3, -0.25) is 4.90 Å². The molecular weight excluding hydrogens is 471 g/mol. The number of aromatic nitrogens is 2. The molecule has 1 aliphatic rings. The SMILES string of the molecule is COc1ccc(N2C(=O)NC(c3ccc(F)cc3)C(c3nc(-c4cccs4)no3)=C2C)cc1OC. The number of carbonyl (C=O) groups is 1. The first-order valence-corrected chi connectivity index (χ1v) is 11.5. The van der Waals surface area contributed by atoms with Crippen LogP contribution in [0.3, 0.4) is 0 Å². The third-order valence-electron chi connectivity index (χ3n) is 5.71. The first-order valence-electron chi connectivity index (χ1n) is 10.7. The highest BCUT2D eigenvalue weighted by molar-refractivity contribution is 7.13. The standard InChI is InChI=1S/C25H21FN4O4S/c1-14-21(24-28-23(29-34-24)20-5-4-12-35-20)22(15-6-8-16(26)9-7-15)27-25(31)30(14)17-10-11-18(32-2)19(13-17)33-3/h4-13,22H,1-3H3,(H,27,31). The summed E-state index contributed by atoms with van der Waals surface area (Å²) in [7, 11) is 3.07. The zero-order valence-corrected chi connectivity index (χ0v) is 19.9. The van der Waals surface area contributed by atoms with Crippen LogP contribution < -0.4 is 19.7 Å². The number of hydrogen-bond donors (Lipinski definition) is 1. The van der Waals surface area contributed by atoms with Gasteiger partial charge in [0.1, 0.15) is 5.82 Å². The molecule has 3 heterocycles. The largest absolute Gasteiger partial charge is 0.493 e. The third-order valence-corrected chi connectivity index (χ3v) is 6.58. The molecule has 1 N–H and O–H groups in total. The van der Waals surface area contributed by atoms with Crippen molar-refractivity contribution in [1.82, 2.24) is 15.5 Å². The molecule has 0 saturated heterocycles. The Kier molecular flexibility index (Phi) is 5.96. The number of hydrogen-bond acceptors (Lipinski definition) is 7. The molecular formula is C25H21FN4O4S. The van der Waals surface area contributed by atoms with Crippen molar-refractivity contribution in [1.29, 1.82) is 0 Å². The van der Waals surface area contributed by atoms with Crippen molar-refractivity contribution < 1.29 is 23.2 Å². The summed E-state index contributed by atoms with van der Waals surface area (Å²) in [6, 6.07) is 13.9. The average Bonchev–Trinajstić information content (AvgIpc) is 3.56. The van der Waals surface area contributed by atoms with Gasteiger partial charge >= 0.3 is 6.03 Å². The molecule has 178 valence electrons. The molecule has 0 radical (unpaired) electrons. The molecule has 0 fully saturated rings. The molecule has 1 aliphatic heterocycles. The number of methoxy groups -OCH3 is 2. The maximum Gasteiger partial charge on any atom is 0.327 e. The second-order valence-corrected chi connectivity index (χ2v) is 8.66. The van der Waals surface area contributed by atoms with Gasteiger partial charge in [-0.1, -0.05) is 23.4 Å². The predicted octanol–water partition coefficient (Wildman–Crippen LogP) is 5.66. The first-order chi connectivity index (χ1) is 17.0. The maximum atomic E-state index is 13.6. The topological polar surface area (TPSA) is 89.7 Å². The summed E-state index contributed by atoms with van der Waals surface area (Å²) in [5.74, 6) is 1.35. The minimum atomic E-state index is -0.629. The first kappa shape index (κ1) is 22.6. The Balaban J connectivity index is 1.66. The van der Waals surface area contributed by atoms with E-state index < -0.39 is 6.04 Å². The molecule has 2 amide bonds. The van der Waals surface area contributed by atoms with E-state index in [0.29, 0.717) is 39.8 Å². The lowest BCUT2D eigenvalue weighted by atomic mass is 9.94. The van der Waals surface area contributed by atoms with E-state index in [1.54, 1.807) is 44.4 Å². The monoisotopic (exact) mass is 492 g/mol. The van der Waals surface area contributed by atoms with Crippen molar-refractivity contribution in [3.63, 3.8) is 0 Å². The van der Waals surface area contributed by atoms with Crippen LogP contribution in [0.2, 0.25) is 0 Å². The Hall–Kier alpha value is -4.18. The number of urea groups is 1. The number of halogens is 1. The molecule has 35 heavy (non-hydrogen) atoms. The molecule has 1 unspecified atom stereocenters. The summed E-state index contributed by atoms with van der Waals surface area (Å²) in [6.07, 6.45) is 0. The van der Waals surface area contributed by atoms with Gasteiger partial charge in [-0.15, -0.1) is 11.3 Å². The second-order valence-electron chi connectivity index (χ2n) is 7.71. The molecule has 8 nitrogen and oxygen atoms in total. The molecule has 0 spiro atoms. The number of thiophene rings is 1. The zero-order valence-electron chi connectivity index (χ0n) is 19.1. The Labute approximate surface area is 204 Å². The third kappa shape index (κ3) is 4.12. The van der Waals surface area contributed by atoms with Gasteiger partial charge in [0.2, 0.25) is 5.82 Å². The van der Waals surface area contributed by atoms with E-state index in [-0.39, 0.29) is 17.7 Å². The molecule has 10 heteroatoms. The Morgan fingerprint density at radius 3 is 2.54 bits per heavy atom. The maximum absolute atomic E-state index is 13.6. The molecule has 2 aromatic carbocycles. The van der Waals surface area contributed by atoms with Crippen molar-refractivity contribution in [3.05, 3.63) is 82.9 Å². The lowest BCUT2D eigenvalue weighted by molar-refractivity contribution is 0.244. The lowest BCUT2D eigenvalue weighted by Crippen LogP contribution is -2.46. The van der Waals surface area contributed by atoms with E-state index in [2.05, 4.69) is 15.5 Å². The number of carbonyl (C=O) groups excluding carboxylic acids is 1. The molecule has 2 aromatic heterocycles. The van der Waals surface area contributed by atoms with E-state index in [9.17, 15) is 9.18 Å². The van der Waals surface area contributed by atoms with Gasteiger partial charge in [-0.05, 0) is 48.2 Å². The van der Waals surface area contributed by atoms with Crippen molar-refractivity contribution in [2.24, 2.45) is 0 Å². The minimum Gasteiger partial charge on any atom is -0.493 e. The van der Waals surface area contributed by atoms with Crippen molar-refractivity contribution >= 4 is 28.6 Å². The Morgan fingerprint density at radius 2 is 1.86 bits per heavy atom. The Bertz CT molecular complexity index is 1400. The molecule has 0 bridgehead atoms. The smallest absolute Gasteiger partial charge is 0.327 e. The zero-order chi connectivity index (χ0) is 24.5. The number of nitrogens with one attached hydrogen (secondary N) is 1. The summed E-state index contributed by atoms with van der Waals surface area (Å²) < 4.78 is 30.0. The fraction of sp³-hybridized carbons (Fsp3) is 0.160. The van der Waals surface area contributed by atoms with E-state index >= 15 is 0 Å².